The molecule has 0 aliphatic heterocycles. The van der Waals surface area contributed by atoms with Crippen molar-refractivity contribution in [1.82, 2.24) is 4.98 Å². The summed E-state index contributed by atoms with van der Waals surface area (Å²) in [4.78, 5) is 13.7. The first kappa shape index (κ1) is 10.4. The summed E-state index contributed by atoms with van der Waals surface area (Å²) in [6, 6.07) is 6.31. The molecule has 0 amide bonds. The highest BCUT2D eigenvalue weighted by atomic mass is 16.4. The molecular formula is C13H16N2O2. The highest BCUT2D eigenvalue weighted by Crippen LogP contribution is 2.23. The maximum atomic E-state index is 11.0. The van der Waals surface area contributed by atoms with Crippen LogP contribution >= 0.6 is 0 Å². The molecule has 1 fully saturated rings. The Bertz CT molecular complexity index is 564. The molecule has 1 aromatic carbocycles. The lowest BCUT2D eigenvalue weighted by Gasteiger charge is -2.23. The summed E-state index contributed by atoms with van der Waals surface area (Å²) < 4.78 is 4.97. The summed E-state index contributed by atoms with van der Waals surface area (Å²) in [5, 5.41) is 3.52. The summed E-state index contributed by atoms with van der Waals surface area (Å²) in [7, 11) is 0. The Morgan fingerprint density at radius 3 is 2.88 bits per heavy atom. The minimum atomic E-state index is -0.394. The van der Waals surface area contributed by atoms with Crippen LogP contribution in [-0.2, 0) is 0 Å². The van der Waals surface area contributed by atoms with Crippen LogP contribution in [0.2, 0.25) is 0 Å². The summed E-state index contributed by atoms with van der Waals surface area (Å²) in [6.07, 6.45) is 6.44. The maximum Gasteiger partial charge on any atom is 0.417 e. The second-order valence-corrected chi connectivity index (χ2v) is 4.70. The number of rotatable bonds is 2. The fraction of sp³-hybridized carbons (Fsp3) is 0.462. The minimum absolute atomic E-state index is 0.394. The lowest BCUT2D eigenvalue weighted by Crippen LogP contribution is -2.22. The van der Waals surface area contributed by atoms with Crippen molar-refractivity contribution in [2.45, 2.75) is 38.1 Å². The number of hydrogen-bond acceptors (Lipinski definition) is 3. The molecule has 4 heteroatoms. The second kappa shape index (κ2) is 4.28. The Morgan fingerprint density at radius 1 is 1.24 bits per heavy atom. The van der Waals surface area contributed by atoms with Crippen molar-refractivity contribution >= 4 is 16.8 Å². The smallest absolute Gasteiger partial charge is 0.408 e. The van der Waals surface area contributed by atoms with Gasteiger partial charge in [-0.2, -0.15) is 0 Å². The van der Waals surface area contributed by atoms with E-state index in [4.69, 9.17) is 4.42 Å². The van der Waals surface area contributed by atoms with Gasteiger partial charge in [0.1, 0.15) is 0 Å². The van der Waals surface area contributed by atoms with Crippen LogP contribution in [0.25, 0.3) is 11.1 Å². The lowest BCUT2D eigenvalue weighted by atomic mass is 9.95. The quantitative estimate of drug-likeness (QED) is 0.837. The largest absolute Gasteiger partial charge is 0.417 e. The number of H-pyrrole nitrogens is 1. The third-order valence-electron chi connectivity index (χ3n) is 3.39. The molecule has 0 bridgehead atoms. The highest BCUT2D eigenvalue weighted by Gasteiger charge is 2.13. The van der Waals surface area contributed by atoms with E-state index in [1.54, 1.807) is 0 Å². The molecule has 0 radical (unpaired) electrons. The van der Waals surface area contributed by atoms with Crippen molar-refractivity contribution in [2.24, 2.45) is 0 Å². The standard InChI is InChI=1S/C13H16N2O2/c16-13-15-11-8-10(6-7-12(11)17-13)14-9-4-2-1-3-5-9/h6-9,14H,1-5H2,(H,15,16). The molecule has 1 aliphatic rings. The van der Waals surface area contributed by atoms with E-state index in [-0.39, 0.29) is 0 Å². The van der Waals surface area contributed by atoms with Crippen LogP contribution in [0.3, 0.4) is 0 Å². The van der Waals surface area contributed by atoms with Crippen molar-refractivity contribution in [3.05, 3.63) is 28.7 Å². The predicted molar refractivity (Wildman–Crippen MR) is 67.3 cm³/mol. The van der Waals surface area contributed by atoms with E-state index in [0.717, 1.165) is 11.2 Å². The molecule has 1 heterocycles. The van der Waals surface area contributed by atoms with Gasteiger partial charge in [-0.25, -0.2) is 4.79 Å². The first-order valence-electron chi connectivity index (χ1n) is 6.21. The Kier molecular flexibility index (Phi) is 2.63. The number of fused-ring (bicyclic) bond motifs is 1. The van der Waals surface area contributed by atoms with Gasteiger partial charge in [-0.15, -0.1) is 0 Å². The van der Waals surface area contributed by atoms with Crippen LogP contribution in [0, 0.1) is 0 Å². The van der Waals surface area contributed by atoms with E-state index in [0.29, 0.717) is 11.6 Å². The van der Waals surface area contributed by atoms with Gasteiger partial charge in [-0.3, -0.25) is 4.98 Å². The third-order valence-corrected chi connectivity index (χ3v) is 3.39. The van der Waals surface area contributed by atoms with Crippen molar-refractivity contribution < 1.29 is 4.42 Å². The molecule has 0 spiro atoms. The zero-order valence-corrected chi connectivity index (χ0v) is 9.66. The van der Waals surface area contributed by atoms with Gasteiger partial charge in [0, 0.05) is 11.7 Å². The Balaban J connectivity index is 1.82. The number of aromatic nitrogens is 1. The van der Waals surface area contributed by atoms with Gasteiger partial charge in [-0.1, -0.05) is 19.3 Å². The first-order chi connectivity index (χ1) is 8.31. The molecule has 1 aliphatic carbocycles. The van der Waals surface area contributed by atoms with E-state index < -0.39 is 5.76 Å². The fourth-order valence-corrected chi connectivity index (χ4v) is 2.52. The van der Waals surface area contributed by atoms with E-state index in [2.05, 4.69) is 10.3 Å². The minimum Gasteiger partial charge on any atom is -0.408 e. The van der Waals surface area contributed by atoms with Crippen LogP contribution in [-0.4, -0.2) is 11.0 Å². The summed E-state index contributed by atoms with van der Waals surface area (Å²) in [5.74, 6) is -0.394. The molecule has 4 nitrogen and oxygen atoms in total. The number of oxazole rings is 1. The van der Waals surface area contributed by atoms with Crippen molar-refractivity contribution in [3.63, 3.8) is 0 Å². The van der Waals surface area contributed by atoms with Crippen molar-refractivity contribution in [1.29, 1.82) is 0 Å². The van der Waals surface area contributed by atoms with Gasteiger partial charge in [0.2, 0.25) is 0 Å². The molecule has 0 unspecified atom stereocenters. The van der Waals surface area contributed by atoms with Crippen LogP contribution in [0.4, 0.5) is 5.69 Å². The molecule has 17 heavy (non-hydrogen) atoms. The Morgan fingerprint density at radius 2 is 2.06 bits per heavy atom. The molecule has 0 saturated heterocycles. The van der Waals surface area contributed by atoms with Crippen LogP contribution in [0.15, 0.2) is 27.4 Å². The Labute approximate surface area is 99.0 Å². The summed E-state index contributed by atoms with van der Waals surface area (Å²) in [5.41, 5.74) is 2.43. The number of nitrogens with one attached hydrogen (secondary N) is 2. The van der Waals surface area contributed by atoms with Gasteiger partial charge in [0.05, 0.1) is 5.52 Å². The van der Waals surface area contributed by atoms with Crippen LogP contribution < -0.4 is 11.1 Å². The number of benzene rings is 1. The van der Waals surface area contributed by atoms with Crippen LogP contribution in [0.5, 0.6) is 0 Å². The Hall–Kier alpha value is -1.71. The van der Waals surface area contributed by atoms with Crippen molar-refractivity contribution in [2.75, 3.05) is 5.32 Å². The highest BCUT2D eigenvalue weighted by molar-refractivity contribution is 5.76. The monoisotopic (exact) mass is 232 g/mol. The van der Waals surface area contributed by atoms with Crippen molar-refractivity contribution in [3.8, 4) is 0 Å². The molecule has 1 saturated carbocycles. The molecule has 2 N–H and O–H groups in total. The first-order valence-corrected chi connectivity index (χ1v) is 6.21. The zero-order chi connectivity index (χ0) is 11.7. The SMILES string of the molecule is O=c1[nH]c2cc(NC3CCCCC3)ccc2o1. The van der Waals surface area contributed by atoms with Gasteiger partial charge >= 0.3 is 5.76 Å². The van der Waals surface area contributed by atoms with E-state index in [9.17, 15) is 4.79 Å². The molecule has 0 atom stereocenters. The van der Waals surface area contributed by atoms with E-state index >= 15 is 0 Å². The zero-order valence-electron chi connectivity index (χ0n) is 9.66. The van der Waals surface area contributed by atoms with Gasteiger partial charge in [0.15, 0.2) is 5.58 Å². The average Bonchev–Trinajstić information content (AvgIpc) is 2.70. The van der Waals surface area contributed by atoms with Gasteiger partial charge < -0.3 is 9.73 Å². The van der Waals surface area contributed by atoms with Crippen LogP contribution in [0.1, 0.15) is 32.1 Å². The van der Waals surface area contributed by atoms with Gasteiger partial charge in [-0.05, 0) is 31.0 Å². The predicted octanol–water partition coefficient (Wildman–Crippen LogP) is 2.87. The molecular weight excluding hydrogens is 216 g/mol. The normalized spacial score (nSPS) is 17.4. The van der Waals surface area contributed by atoms with E-state index in [1.807, 2.05) is 18.2 Å². The molecule has 2 aromatic rings. The second-order valence-electron chi connectivity index (χ2n) is 4.70. The summed E-state index contributed by atoms with van der Waals surface area (Å²) in [6.45, 7) is 0. The molecule has 1 aromatic heterocycles. The van der Waals surface area contributed by atoms with E-state index in [1.165, 1.54) is 32.1 Å². The topological polar surface area (TPSA) is 58.0 Å². The fourth-order valence-electron chi connectivity index (χ4n) is 2.52. The number of anilines is 1. The average molecular weight is 232 g/mol. The third kappa shape index (κ3) is 2.20. The maximum absolute atomic E-state index is 11.0. The number of aromatic amines is 1. The molecule has 3 rings (SSSR count). The number of hydrogen-bond donors (Lipinski definition) is 2. The molecule has 90 valence electrons. The van der Waals surface area contributed by atoms with Gasteiger partial charge in [0.25, 0.3) is 0 Å². The summed E-state index contributed by atoms with van der Waals surface area (Å²) >= 11 is 0. The lowest BCUT2D eigenvalue weighted by molar-refractivity contribution is 0.463.